The number of hydrogen-bond acceptors (Lipinski definition) is 5. The molecule has 0 bridgehead atoms. The normalized spacial score (nSPS) is 17.0. The van der Waals surface area contributed by atoms with Crippen molar-refractivity contribution in [2.75, 3.05) is 11.9 Å². The average molecular weight is 499 g/mol. The van der Waals surface area contributed by atoms with Crippen LogP contribution in [-0.2, 0) is 20.7 Å². The number of carbonyl (C=O) groups is 3. The van der Waals surface area contributed by atoms with E-state index in [1.165, 1.54) is 12.3 Å². The number of nitrogens with one attached hydrogen (secondary N) is 3. The Bertz CT molecular complexity index is 912. The van der Waals surface area contributed by atoms with E-state index >= 15 is 0 Å². The van der Waals surface area contributed by atoms with Crippen molar-refractivity contribution in [1.29, 1.82) is 0 Å². The standard InChI is InChI=1S/C24H33F3N4O4/c1-23(2,3)35-22(34)31-20(19(15-4-5-15)16-6-7-16)21(33)30-17-12-14(8-10-28-17)13-18(32)29-11-9-24(25,26)27/h8,10,12,15-16,19-20H,4-7,9,11,13H2,1-3H3,(H,29,32)(H,31,34)(H,28,30,33)/t20-/m0/s1. The summed E-state index contributed by atoms with van der Waals surface area (Å²) in [6, 6.07) is 2.25. The highest BCUT2D eigenvalue weighted by Gasteiger charge is 2.48. The molecule has 1 aromatic heterocycles. The lowest BCUT2D eigenvalue weighted by Gasteiger charge is -2.29. The fourth-order valence-electron chi connectivity index (χ4n) is 4.11. The van der Waals surface area contributed by atoms with E-state index in [2.05, 4.69) is 20.9 Å². The zero-order chi connectivity index (χ0) is 25.8. The van der Waals surface area contributed by atoms with Crippen LogP contribution < -0.4 is 16.0 Å². The Morgan fingerprint density at radius 1 is 1.11 bits per heavy atom. The molecule has 2 aliphatic rings. The van der Waals surface area contributed by atoms with E-state index in [0.717, 1.165) is 25.7 Å². The molecule has 0 aliphatic heterocycles. The Balaban J connectivity index is 1.64. The van der Waals surface area contributed by atoms with E-state index in [4.69, 9.17) is 4.74 Å². The van der Waals surface area contributed by atoms with Gasteiger partial charge in [-0.05, 0) is 81.9 Å². The van der Waals surface area contributed by atoms with E-state index in [0.29, 0.717) is 17.4 Å². The van der Waals surface area contributed by atoms with Crippen molar-refractivity contribution < 1.29 is 32.3 Å². The van der Waals surface area contributed by atoms with Gasteiger partial charge >= 0.3 is 12.3 Å². The minimum absolute atomic E-state index is 0.00473. The van der Waals surface area contributed by atoms with Crippen LogP contribution in [0.25, 0.3) is 0 Å². The summed E-state index contributed by atoms with van der Waals surface area (Å²) in [5, 5.41) is 7.73. The van der Waals surface area contributed by atoms with Gasteiger partial charge in [-0.3, -0.25) is 9.59 Å². The van der Waals surface area contributed by atoms with Gasteiger partial charge in [-0.2, -0.15) is 13.2 Å². The lowest BCUT2D eigenvalue weighted by molar-refractivity contribution is -0.135. The summed E-state index contributed by atoms with van der Waals surface area (Å²) in [7, 11) is 0. The van der Waals surface area contributed by atoms with Gasteiger partial charge in [-0.1, -0.05) is 0 Å². The Kier molecular flexibility index (Phi) is 8.27. The van der Waals surface area contributed by atoms with Gasteiger partial charge in [-0.25, -0.2) is 9.78 Å². The molecular weight excluding hydrogens is 465 g/mol. The first-order valence-corrected chi connectivity index (χ1v) is 11.9. The molecule has 0 aromatic carbocycles. The summed E-state index contributed by atoms with van der Waals surface area (Å²) in [6.07, 6.45) is -0.817. The Morgan fingerprint density at radius 2 is 1.74 bits per heavy atom. The number of aromatic nitrogens is 1. The van der Waals surface area contributed by atoms with Crippen LogP contribution in [0.2, 0.25) is 0 Å². The smallest absolute Gasteiger partial charge is 0.408 e. The second-order valence-corrected chi connectivity index (χ2v) is 10.3. The number of alkyl carbamates (subject to hydrolysis) is 1. The van der Waals surface area contributed by atoms with Gasteiger partial charge in [0, 0.05) is 12.7 Å². The molecule has 35 heavy (non-hydrogen) atoms. The summed E-state index contributed by atoms with van der Waals surface area (Å²) in [4.78, 5) is 41.9. The maximum atomic E-state index is 13.3. The second-order valence-electron chi connectivity index (χ2n) is 10.3. The fraction of sp³-hybridized carbons (Fsp3) is 0.667. The molecule has 194 valence electrons. The number of amides is 3. The third-order valence-electron chi connectivity index (χ3n) is 5.84. The molecule has 1 atom stereocenters. The molecule has 11 heteroatoms. The van der Waals surface area contributed by atoms with Crippen molar-refractivity contribution >= 4 is 23.7 Å². The third kappa shape index (κ3) is 9.37. The van der Waals surface area contributed by atoms with Crippen LogP contribution in [0, 0.1) is 17.8 Å². The number of halogens is 3. The Labute approximate surface area is 202 Å². The lowest BCUT2D eigenvalue weighted by atomic mass is 9.89. The van der Waals surface area contributed by atoms with Gasteiger partial charge in [0.2, 0.25) is 11.8 Å². The fourth-order valence-corrected chi connectivity index (χ4v) is 4.11. The van der Waals surface area contributed by atoms with Crippen molar-refractivity contribution in [3.8, 4) is 0 Å². The van der Waals surface area contributed by atoms with Crippen molar-refractivity contribution in [3.63, 3.8) is 0 Å². The van der Waals surface area contributed by atoms with Crippen molar-refractivity contribution in [2.45, 2.75) is 77.1 Å². The summed E-state index contributed by atoms with van der Waals surface area (Å²) < 4.78 is 42.2. The van der Waals surface area contributed by atoms with Crippen LogP contribution in [0.15, 0.2) is 18.3 Å². The number of carbonyl (C=O) groups excluding carboxylic acids is 3. The van der Waals surface area contributed by atoms with E-state index in [9.17, 15) is 27.6 Å². The minimum atomic E-state index is -4.34. The molecule has 3 amide bonds. The van der Waals surface area contributed by atoms with Gasteiger partial charge in [-0.15, -0.1) is 0 Å². The van der Waals surface area contributed by atoms with Crippen LogP contribution in [-0.4, -0.2) is 47.3 Å². The number of alkyl halides is 3. The second kappa shape index (κ2) is 10.8. The van der Waals surface area contributed by atoms with Gasteiger partial charge in [0.1, 0.15) is 17.5 Å². The monoisotopic (exact) mass is 498 g/mol. The average Bonchev–Trinajstić information content (AvgIpc) is 3.60. The zero-order valence-electron chi connectivity index (χ0n) is 20.2. The van der Waals surface area contributed by atoms with Crippen LogP contribution in [0.5, 0.6) is 0 Å². The van der Waals surface area contributed by atoms with E-state index in [-0.39, 0.29) is 18.2 Å². The highest BCUT2D eigenvalue weighted by molar-refractivity contribution is 5.96. The van der Waals surface area contributed by atoms with Crippen LogP contribution in [0.4, 0.5) is 23.8 Å². The molecule has 3 rings (SSSR count). The summed E-state index contributed by atoms with van der Waals surface area (Å²) in [5.41, 5.74) is -0.228. The minimum Gasteiger partial charge on any atom is -0.444 e. The highest BCUT2D eigenvalue weighted by Crippen LogP contribution is 2.50. The summed E-state index contributed by atoms with van der Waals surface area (Å²) >= 11 is 0. The van der Waals surface area contributed by atoms with Gasteiger partial charge in [0.05, 0.1) is 12.8 Å². The van der Waals surface area contributed by atoms with Crippen molar-refractivity contribution in [1.82, 2.24) is 15.6 Å². The maximum absolute atomic E-state index is 13.3. The number of hydrogen-bond donors (Lipinski definition) is 3. The number of ether oxygens (including phenoxy) is 1. The molecule has 2 aliphatic carbocycles. The number of nitrogens with zero attached hydrogens (tertiary/aromatic N) is 1. The number of anilines is 1. The first-order valence-electron chi connectivity index (χ1n) is 11.9. The van der Waals surface area contributed by atoms with Crippen molar-refractivity contribution in [2.24, 2.45) is 17.8 Å². The SMILES string of the molecule is CC(C)(C)OC(=O)N[C@H](C(=O)Nc1cc(CC(=O)NCCC(F)(F)F)ccn1)C(C1CC1)C1CC1. The topological polar surface area (TPSA) is 109 Å². The third-order valence-corrected chi connectivity index (χ3v) is 5.84. The Morgan fingerprint density at radius 3 is 2.29 bits per heavy atom. The van der Waals surface area contributed by atoms with Gasteiger partial charge in [0.15, 0.2) is 0 Å². The van der Waals surface area contributed by atoms with E-state index < -0.39 is 48.7 Å². The molecule has 0 spiro atoms. The molecule has 2 fully saturated rings. The van der Waals surface area contributed by atoms with Crippen LogP contribution >= 0.6 is 0 Å². The Hall–Kier alpha value is -2.85. The predicted molar refractivity (Wildman–Crippen MR) is 122 cm³/mol. The predicted octanol–water partition coefficient (Wildman–Crippen LogP) is 3.96. The molecule has 0 unspecified atom stereocenters. The van der Waals surface area contributed by atoms with Crippen molar-refractivity contribution in [3.05, 3.63) is 23.9 Å². The van der Waals surface area contributed by atoms with E-state index in [1.807, 2.05) is 0 Å². The van der Waals surface area contributed by atoms with Crippen LogP contribution in [0.3, 0.4) is 0 Å². The molecule has 1 heterocycles. The molecule has 3 N–H and O–H groups in total. The van der Waals surface area contributed by atoms with E-state index in [1.54, 1.807) is 26.8 Å². The first-order chi connectivity index (χ1) is 16.3. The molecular formula is C24H33F3N4O4. The molecule has 1 aromatic rings. The zero-order valence-corrected chi connectivity index (χ0v) is 20.2. The number of pyridine rings is 1. The van der Waals surface area contributed by atoms with Gasteiger partial charge < -0.3 is 20.7 Å². The van der Waals surface area contributed by atoms with Crippen LogP contribution in [0.1, 0.15) is 58.4 Å². The van der Waals surface area contributed by atoms with Gasteiger partial charge in [0.25, 0.3) is 0 Å². The quantitative estimate of drug-likeness (QED) is 0.453. The molecule has 0 radical (unpaired) electrons. The molecule has 8 nitrogen and oxygen atoms in total. The largest absolute Gasteiger partial charge is 0.444 e. The maximum Gasteiger partial charge on any atom is 0.408 e. The molecule has 2 saturated carbocycles. The summed E-state index contributed by atoms with van der Waals surface area (Å²) in [5.74, 6) is -0.0496. The number of rotatable bonds is 10. The molecule has 0 saturated heterocycles. The summed E-state index contributed by atoms with van der Waals surface area (Å²) in [6.45, 7) is 4.74. The highest BCUT2D eigenvalue weighted by atomic mass is 19.4. The lowest BCUT2D eigenvalue weighted by Crippen LogP contribution is -2.51. The first kappa shape index (κ1) is 26.7.